The fraction of sp³-hybridized carbons (Fsp3) is 0.471. The van der Waals surface area contributed by atoms with Gasteiger partial charge in [0.2, 0.25) is 5.91 Å². The number of benzene rings is 1. The summed E-state index contributed by atoms with van der Waals surface area (Å²) in [5.74, 6) is 0.964. The van der Waals surface area contributed by atoms with Gasteiger partial charge in [-0.3, -0.25) is 4.79 Å². The predicted octanol–water partition coefficient (Wildman–Crippen LogP) is 4.07. The number of amides is 1. The highest BCUT2D eigenvalue weighted by atomic mass is 35.5. The molecule has 0 unspecified atom stereocenters. The summed E-state index contributed by atoms with van der Waals surface area (Å²) in [6.07, 6.45) is 6.47. The van der Waals surface area contributed by atoms with Crippen molar-refractivity contribution in [1.29, 1.82) is 0 Å². The first kappa shape index (κ1) is 18.4. The van der Waals surface area contributed by atoms with Crippen molar-refractivity contribution in [3.05, 3.63) is 28.8 Å². The minimum absolute atomic E-state index is 0.110. The molecule has 4 nitrogen and oxygen atoms in total. The molecule has 1 amide bonds. The molecule has 0 radical (unpaired) electrons. The number of carbonyl (C=O) groups is 1. The number of carbonyl (C=O) groups excluding carboxylic acids is 1. The second-order valence-electron chi connectivity index (χ2n) is 4.80. The van der Waals surface area contributed by atoms with E-state index < -0.39 is 0 Å². The highest BCUT2D eigenvalue weighted by molar-refractivity contribution is 6.32. The predicted molar refractivity (Wildman–Crippen MR) is 90.7 cm³/mol. The number of ether oxygens (including phenoxy) is 2. The molecule has 1 rings (SSSR count). The van der Waals surface area contributed by atoms with Gasteiger partial charge in [0.05, 0.1) is 18.7 Å². The molecule has 0 spiro atoms. The van der Waals surface area contributed by atoms with Crippen LogP contribution in [0.15, 0.2) is 18.2 Å². The van der Waals surface area contributed by atoms with Crippen molar-refractivity contribution in [3.8, 4) is 11.5 Å². The number of halogens is 1. The van der Waals surface area contributed by atoms with Crippen LogP contribution in [0.25, 0.3) is 6.08 Å². The zero-order valence-electron chi connectivity index (χ0n) is 13.4. The van der Waals surface area contributed by atoms with Gasteiger partial charge in [0.25, 0.3) is 0 Å². The maximum absolute atomic E-state index is 11.7. The van der Waals surface area contributed by atoms with Gasteiger partial charge < -0.3 is 14.8 Å². The summed E-state index contributed by atoms with van der Waals surface area (Å²) in [5, 5.41) is 3.31. The van der Waals surface area contributed by atoms with Crippen molar-refractivity contribution in [2.75, 3.05) is 20.3 Å². The summed E-state index contributed by atoms with van der Waals surface area (Å²) in [7, 11) is 1.54. The number of methoxy groups -OCH3 is 1. The van der Waals surface area contributed by atoms with E-state index in [2.05, 4.69) is 12.2 Å². The Kier molecular flexibility index (Phi) is 8.44. The minimum Gasteiger partial charge on any atom is -0.491 e. The lowest BCUT2D eigenvalue weighted by Gasteiger charge is -2.11. The molecular weight excluding hydrogens is 302 g/mol. The summed E-state index contributed by atoms with van der Waals surface area (Å²) in [4.78, 5) is 11.7. The van der Waals surface area contributed by atoms with Gasteiger partial charge in [0.15, 0.2) is 11.5 Å². The van der Waals surface area contributed by atoms with Gasteiger partial charge >= 0.3 is 0 Å². The second-order valence-corrected chi connectivity index (χ2v) is 5.21. The standard InChI is InChI=1S/C17H24ClNO3/c1-4-6-7-10-19-16(20)9-8-13-11-14(18)17(21-3)15(12-13)22-5-2/h8-9,11-12H,4-7,10H2,1-3H3,(H,19,20)/b9-8+. The van der Waals surface area contributed by atoms with Crippen LogP contribution in [0.2, 0.25) is 5.02 Å². The van der Waals surface area contributed by atoms with Crippen LogP contribution in [-0.2, 0) is 4.79 Å². The normalized spacial score (nSPS) is 10.7. The highest BCUT2D eigenvalue weighted by Crippen LogP contribution is 2.36. The summed E-state index contributed by atoms with van der Waals surface area (Å²) in [6.45, 7) is 5.23. The maximum atomic E-state index is 11.7. The van der Waals surface area contributed by atoms with Crippen LogP contribution < -0.4 is 14.8 Å². The summed E-state index contributed by atoms with van der Waals surface area (Å²) in [5.41, 5.74) is 0.790. The zero-order chi connectivity index (χ0) is 16.4. The molecule has 5 heteroatoms. The molecule has 1 N–H and O–H groups in total. The first-order chi connectivity index (χ1) is 10.6. The third-order valence-electron chi connectivity index (χ3n) is 3.04. The molecule has 0 saturated carbocycles. The Bertz CT molecular complexity index is 515. The van der Waals surface area contributed by atoms with E-state index >= 15 is 0 Å². The fourth-order valence-electron chi connectivity index (χ4n) is 1.96. The van der Waals surface area contributed by atoms with E-state index in [1.165, 1.54) is 6.08 Å². The lowest BCUT2D eigenvalue weighted by Crippen LogP contribution is -2.21. The molecule has 0 bridgehead atoms. The van der Waals surface area contributed by atoms with Crippen molar-refractivity contribution < 1.29 is 14.3 Å². The molecule has 0 heterocycles. The number of rotatable bonds is 9. The topological polar surface area (TPSA) is 47.6 Å². The van der Waals surface area contributed by atoms with Crippen LogP contribution in [0.5, 0.6) is 11.5 Å². The highest BCUT2D eigenvalue weighted by Gasteiger charge is 2.10. The molecular formula is C17H24ClNO3. The lowest BCUT2D eigenvalue weighted by atomic mass is 10.2. The van der Waals surface area contributed by atoms with Crippen LogP contribution in [0.3, 0.4) is 0 Å². The number of nitrogens with one attached hydrogen (secondary N) is 1. The van der Waals surface area contributed by atoms with Crippen LogP contribution in [0.4, 0.5) is 0 Å². The van der Waals surface area contributed by atoms with Gasteiger partial charge in [0, 0.05) is 12.6 Å². The van der Waals surface area contributed by atoms with Gasteiger partial charge in [-0.2, -0.15) is 0 Å². The van der Waals surface area contributed by atoms with Crippen LogP contribution >= 0.6 is 11.6 Å². The van der Waals surface area contributed by atoms with Gasteiger partial charge in [-0.25, -0.2) is 0 Å². The molecule has 0 saturated heterocycles. The Morgan fingerprint density at radius 1 is 1.32 bits per heavy atom. The summed E-state index contributed by atoms with van der Waals surface area (Å²) >= 11 is 6.16. The van der Waals surface area contributed by atoms with Crippen molar-refractivity contribution >= 4 is 23.6 Å². The average Bonchev–Trinajstić information content (AvgIpc) is 2.50. The minimum atomic E-state index is -0.110. The Hall–Kier alpha value is -1.68. The second kappa shape index (κ2) is 10.1. The Balaban J connectivity index is 2.72. The van der Waals surface area contributed by atoms with Gasteiger partial charge in [-0.15, -0.1) is 0 Å². The summed E-state index contributed by atoms with van der Waals surface area (Å²) < 4.78 is 10.7. The molecule has 0 aliphatic carbocycles. The molecule has 1 aromatic rings. The van der Waals surface area contributed by atoms with Crippen LogP contribution in [0, 0.1) is 0 Å². The van der Waals surface area contributed by atoms with E-state index in [1.54, 1.807) is 25.3 Å². The average molecular weight is 326 g/mol. The molecule has 122 valence electrons. The van der Waals surface area contributed by atoms with Crippen molar-refractivity contribution in [2.24, 2.45) is 0 Å². The zero-order valence-corrected chi connectivity index (χ0v) is 14.2. The van der Waals surface area contributed by atoms with Crippen molar-refractivity contribution in [2.45, 2.75) is 33.1 Å². The molecule has 0 aliphatic rings. The van der Waals surface area contributed by atoms with Crippen molar-refractivity contribution in [1.82, 2.24) is 5.32 Å². The lowest BCUT2D eigenvalue weighted by molar-refractivity contribution is -0.116. The maximum Gasteiger partial charge on any atom is 0.243 e. The van der Waals surface area contributed by atoms with E-state index in [-0.39, 0.29) is 5.91 Å². The molecule has 0 atom stereocenters. The first-order valence-corrected chi connectivity index (χ1v) is 7.96. The smallest absolute Gasteiger partial charge is 0.243 e. The van der Waals surface area contributed by atoms with E-state index in [4.69, 9.17) is 21.1 Å². The largest absolute Gasteiger partial charge is 0.491 e. The van der Waals surface area contributed by atoms with E-state index in [0.717, 1.165) is 24.8 Å². The van der Waals surface area contributed by atoms with Gasteiger partial charge in [-0.1, -0.05) is 31.4 Å². The third-order valence-corrected chi connectivity index (χ3v) is 3.32. The van der Waals surface area contributed by atoms with Crippen LogP contribution in [0.1, 0.15) is 38.7 Å². The molecule has 0 aromatic heterocycles. The number of hydrogen-bond donors (Lipinski definition) is 1. The molecule has 1 aromatic carbocycles. The number of hydrogen-bond acceptors (Lipinski definition) is 3. The van der Waals surface area contributed by atoms with Crippen molar-refractivity contribution in [3.63, 3.8) is 0 Å². The van der Waals surface area contributed by atoms with Gasteiger partial charge in [-0.05, 0) is 37.1 Å². The van der Waals surface area contributed by atoms with E-state index in [0.29, 0.717) is 29.7 Å². The first-order valence-electron chi connectivity index (χ1n) is 7.58. The third kappa shape index (κ3) is 5.98. The fourth-order valence-corrected chi connectivity index (χ4v) is 2.26. The Morgan fingerprint density at radius 3 is 2.73 bits per heavy atom. The number of unbranched alkanes of at least 4 members (excludes halogenated alkanes) is 2. The SMILES string of the molecule is CCCCCNC(=O)/C=C/c1cc(Cl)c(OC)c(OCC)c1. The quantitative estimate of drug-likeness (QED) is 0.550. The van der Waals surface area contributed by atoms with Crippen LogP contribution in [-0.4, -0.2) is 26.2 Å². The monoisotopic (exact) mass is 325 g/mol. The summed E-state index contributed by atoms with van der Waals surface area (Å²) in [6, 6.07) is 3.54. The molecule has 0 aliphatic heterocycles. The molecule has 0 fully saturated rings. The molecule has 22 heavy (non-hydrogen) atoms. The Labute approximate surface area is 137 Å². The van der Waals surface area contributed by atoms with Gasteiger partial charge in [0.1, 0.15) is 0 Å². The van der Waals surface area contributed by atoms with E-state index in [9.17, 15) is 4.79 Å². The van der Waals surface area contributed by atoms with E-state index in [1.807, 2.05) is 6.92 Å². The Morgan fingerprint density at radius 2 is 2.09 bits per heavy atom.